The first kappa shape index (κ1) is 23.9. The fraction of sp³-hybridized carbons (Fsp3) is 0.217. The van der Waals surface area contributed by atoms with Crippen LogP contribution in [0.15, 0.2) is 64.3 Å². The first-order valence-corrected chi connectivity index (χ1v) is 11.1. The van der Waals surface area contributed by atoms with E-state index >= 15 is 0 Å². The van der Waals surface area contributed by atoms with E-state index < -0.39 is 11.9 Å². The summed E-state index contributed by atoms with van der Waals surface area (Å²) >= 11 is 1.25. The minimum Gasteiger partial charge on any atom is -0.481 e. The van der Waals surface area contributed by atoms with Gasteiger partial charge in [0.05, 0.1) is 23.6 Å². The van der Waals surface area contributed by atoms with Crippen molar-refractivity contribution in [2.45, 2.75) is 24.7 Å². The van der Waals surface area contributed by atoms with Crippen LogP contribution in [0.4, 0.5) is 11.4 Å². The largest absolute Gasteiger partial charge is 0.481 e. The molecule has 3 rings (SSSR count). The molecule has 0 spiro atoms. The summed E-state index contributed by atoms with van der Waals surface area (Å²) in [6.45, 7) is 1.76. The molecule has 0 fully saturated rings. The van der Waals surface area contributed by atoms with Gasteiger partial charge in [-0.3, -0.25) is 23.9 Å². The van der Waals surface area contributed by atoms with Gasteiger partial charge < -0.3 is 15.7 Å². The predicted octanol–water partition coefficient (Wildman–Crippen LogP) is 3.02. The number of nitrogens with zero attached hydrogens (tertiary/aromatic N) is 2. The van der Waals surface area contributed by atoms with E-state index in [-0.39, 0.29) is 35.7 Å². The minimum atomic E-state index is -1.04. The van der Waals surface area contributed by atoms with Crippen molar-refractivity contribution in [1.29, 1.82) is 0 Å². The zero-order valence-corrected chi connectivity index (χ0v) is 19.0. The zero-order chi connectivity index (χ0) is 24.0. The third kappa shape index (κ3) is 6.13. The molecule has 172 valence electrons. The van der Waals surface area contributed by atoms with Crippen LogP contribution in [0, 0.1) is 6.92 Å². The molecule has 10 heteroatoms. The summed E-state index contributed by atoms with van der Waals surface area (Å²) in [6.07, 6.45) is -0.364. The Kier molecular flexibility index (Phi) is 7.73. The Labute approximate surface area is 194 Å². The number of thioether (sulfide) groups is 1. The van der Waals surface area contributed by atoms with Crippen molar-refractivity contribution < 1.29 is 19.5 Å². The number of rotatable bonds is 9. The lowest BCUT2D eigenvalue weighted by Gasteiger charge is -2.07. The highest BCUT2D eigenvalue weighted by molar-refractivity contribution is 8.00. The molecule has 2 amide bonds. The first-order chi connectivity index (χ1) is 15.8. The number of benzene rings is 2. The number of para-hydroxylation sites is 1. The van der Waals surface area contributed by atoms with E-state index in [1.807, 2.05) is 30.3 Å². The van der Waals surface area contributed by atoms with Gasteiger partial charge in [0, 0.05) is 24.1 Å². The molecule has 9 nitrogen and oxygen atoms in total. The van der Waals surface area contributed by atoms with E-state index in [0.717, 1.165) is 4.90 Å². The van der Waals surface area contributed by atoms with Crippen LogP contribution in [-0.4, -0.2) is 38.0 Å². The van der Waals surface area contributed by atoms with Gasteiger partial charge in [0.15, 0.2) is 0 Å². The van der Waals surface area contributed by atoms with Crippen LogP contribution < -0.4 is 16.2 Å². The quantitative estimate of drug-likeness (QED) is 0.415. The Morgan fingerprint density at radius 1 is 0.970 bits per heavy atom. The van der Waals surface area contributed by atoms with Gasteiger partial charge in [-0.25, -0.2) is 4.68 Å². The maximum absolute atomic E-state index is 12.9. The second-order valence-electron chi connectivity index (χ2n) is 7.24. The molecule has 0 aliphatic heterocycles. The average molecular weight is 469 g/mol. The van der Waals surface area contributed by atoms with E-state index in [2.05, 4.69) is 10.6 Å². The molecule has 1 heterocycles. The molecule has 0 saturated carbocycles. The number of carbonyl (C=O) groups excluding carboxylic acids is 2. The molecule has 0 saturated heterocycles. The Balaban J connectivity index is 1.63. The summed E-state index contributed by atoms with van der Waals surface area (Å²) in [5, 5.41) is 14.0. The molecule has 0 bridgehead atoms. The van der Waals surface area contributed by atoms with Gasteiger partial charge >= 0.3 is 5.97 Å². The van der Waals surface area contributed by atoms with Crippen LogP contribution in [0.5, 0.6) is 0 Å². The normalized spacial score (nSPS) is 10.6. The van der Waals surface area contributed by atoms with Crippen molar-refractivity contribution in [1.82, 2.24) is 9.36 Å². The Morgan fingerprint density at radius 2 is 1.70 bits per heavy atom. The SMILES string of the molecule is Cc1c(NC(=O)CSc2cccc(NC(=O)CCC(=O)O)c2)c(=O)n(-c2ccccc2)n1C. The molecular weight excluding hydrogens is 444 g/mol. The lowest BCUT2D eigenvalue weighted by molar-refractivity contribution is -0.138. The van der Waals surface area contributed by atoms with E-state index in [4.69, 9.17) is 5.11 Å². The molecule has 0 aliphatic carbocycles. The van der Waals surface area contributed by atoms with E-state index in [1.54, 1.807) is 42.9 Å². The Morgan fingerprint density at radius 3 is 2.39 bits per heavy atom. The maximum Gasteiger partial charge on any atom is 0.303 e. The summed E-state index contributed by atoms with van der Waals surface area (Å²) in [7, 11) is 1.75. The van der Waals surface area contributed by atoms with Crippen LogP contribution in [0.1, 0.15) is 18.5 Å². The highest BCUT2D eigenvalue weighted by Crippen LogP contribution is 2.22. The monoisotopic (exact) mass is 468 g/mol. The molecular formula is C23H24N4O5S. The molecule has 0 aliphatic rings. The molecule has 3 aromatic rings. The van der Waals surface area contributed by atoms with Crippen LogP contribution in [0.3, 0.4) is 0 Å². The number of nitrogens with one attached hydrogen (secondary N) is 2. The lowest BCUT2D eigenvalue weighted by atomic mass is 10.2. The second kappa shape index (κ2) is 10.7. The zero-order valence-electron chi connectivity index (χ0n) is 18.2. The van der Waals surface area contributed by atoms with Crippen LogP contribution in [-0.2, 0) is 21.4 Å². The summed E-state index contributed by atoms with van der Waals surface area (Å²) in [6, 6.07) is 16.1. The van der Waals surface area contributed by atoms with Gasteiger partial charge in [-0.05, 0) is 37.3 Å². The molecule has 1 aromatic heterocycles. The highest BCUT2D eigenvalue weighted by Gasteiger charge is 2.18. The van der Waals surface area contributed by atoms with E-state index in [1.165, 1.54) is 16.4 Å². The second-order valence-corrected chi connectivity index (χ2v) is 8.29. The van der Waals surface area contributed by atoms with Crippen LogP contribution in [0.25, 0.3) is 5.69 Å². The molecule has 3 N–H and O–H groups in total. The Bertz CT molecular complexity index is 1230. The van der Waals surface area contributed by atoms with Gasteiger partial charge in [-0.1, -0.05) is 24.3 Å². The van der Waals surface area contributed by atoms with Crippen molar-refractivity contribution in [2.24, 2.45) is 7.05 Å². The molecule has 0 radical (unpaired) electrons. The van der Waals surface area contributed by atoms with Gasteiger partial charge in [-0.2, -0.15) is 0 Å². The maximum atomic E-state index is 12.9. The van der Waals surface area contributed by atoms with Gasteiger partial charge in [0.25, 0.3) is 5.56 Å². The standard InChI is InChI=1S/C23H24N4O5S/c1-15-22(23(32)27(26(15)2)17-8-4-3-5-9-17)25-20(29)14-33-18-10-6-7-16(13-18)24-19(28)11-12-21(30)31/h3-10,13H,11-12,14H2,1-2H3,(H,24,28)(H,25,29)(H,30,31). The predicted molar refractivity (Wildman–Crippen MR) is 127 cm³/mol. The molecule has 0 atom stereocenters. The summed E-state index contributed by atoms with van der Waals surface area (Å²) < 4.78 is 3.19. The van der Waals surface area contributed by atoms with Crippen molar-refractivity contribution in [3.8, 4) is 5.69 Å². The van der Waals surface area contributed by atoms with E-state index in [9.17, 15) is 19.2 Å². The summed E-state index contributed by atoms with van der Waals surface area (Å²) in [4.78, 5) is 48.6. The smallest absolute Gasteiger partial charge is 0.303 e. The third-order valence-corrected chi connectivity index (χ3v) is 5.87. The van der Waals surface area contributed by atoms with Crippen molar-refractivity contribution >= 4 is 40.9 Å². The number of anilines is 2. The van der Waals surface area contributed by atoms with Crippen molar-refractivity contribution in [3.63, 3.8) is 0 Å². The fourth-order valence-corrected chi connectivity index (χ4v) is 3.90. The number of aromatic nitrogens is 2. The number of carboxylic acid groups (broad SMARTS) is 1. The lowest BCUT2D eigenvalue weighted by Crippen LogP contribution is -2.23. The fourth-order valence-electron chi connectivity index (χ4n) is 3.14. The Hall–Kier alpha value is -3.79. The van der Waals surface area contributed by atoms with Gasteiger partial charge in [-0.15, -0.1) is 11.8 Å². The third-order valence-electron chi connectivity index (χ3n) is 4.87. The molecule has 0 unspecified atom stereocenters. The van der Waals surface area contributed by atoms with Gasteiger partial charge in [0.1, 0.15) is 5.69 Å². The van der Waals surface area contributed by atoms with Crippen LogP contribution >= 0.6 is 11.8 Å². The number of hydrogen-bond acceptors (Lipinski definition) is 5. The van der Waals surface area contributed by atoms with Crippen molar-refractivity contribution in [2.75, 3.05) is 16.4 Å². The number of carboxylic acids is 1. The first-order valence-electron chi connectivity index (χ1n) is 10.1. The topological polar surface area (TPSA) is 122 Å². The number of carbonyl (C=O) groups is 3. The minimum absolute atomic E-state index is 0.0650. The van der Waals surface area contributed by atoms with Gasteiger partial charge in [0.2, 0.25) is 11.8 Å². The number of amides is 2. The van der Waals surface area contributed by atoms with E-state index in [0.29, 0.717) is 17.1 Å². The van der Waals surface area contributed by atoms with Crippen LogP contribution in [0.2, 0.25) is 0 Å². The summed E-state index contributed by atoms with van der Waals surface area (Å²) in [5.41, 5.74) is 1.76. The molecule has 33 heavy (non-hydrogen) atoms. The summed E-state index contributed by atoms with van der Waals surface area (Å²) in [5.74, 6) is -1.70. The average Bonchev–Trinajstić information content (AvgIpc) is 3.00. The number of aliphatic carboxylic acids is 1. The number of hydrogen-bond donors (Lipinski definition) is 3. The molecule has 2 aromatic carbocycles. The van der Waals surface area contributed by atoms with Crippen molar-refractivity contribution in [3.05, 3.63) is 70.6 Å². The highest BCUT2D eigenvalue weighted by atomic mass is 32.2.